The van der Waals surface area contributed by atoms with E-state index in [-0.39, 0.29) is 11.3 Å². The smallest absolute Gasteiger partial charge is 0.220 e. The van der Waals surface area contributed by atoms with Crippen molar-refractivity contribution in [2.24, 2.45) is 12.5 Å². The summed E-state index contributed by atoms with van der Waals surface area (Å²) in [4.78, 5) is 18.5. The molecule has 2 fully saturated rings. The van der Waals surface area contributed by atoms with Crippen molar-refractivity contribution in [3.63, 3.8) is 0 Å². The molecule has 0 saturated carbocycles. The maximum absolute atomic E-state index is 11.5. The highest BCUT2D eigenvalue weighted by atomic mass is 16.1. The molecule has 1 N–H and O–H groups in total. The van der Waals surface area contributed by atoms with Gasteiger partial charge in [-0.3, -0.25) is 9.48 Å². The summed E-state index contributed by atoms with van der Waals surface area (Å²) in [6.45, 7) is 2.44. The predicted molar refractivity (Wildman–Crippen MR) is 89.3 cm³/mol. The SMILES string of the molecule is Cn1ncc2cc(C#N)c(N3CCCC4(CCC(=O)NC4)C3)nc21. The fraction of sp³-hybridized carbons (Fsp3) is 0.529. The van der Waals surface area contributed by atoms with Gasteiger partial charge in [0.2, 0.25) is 5.91 Å². The molecule has 4 rings (SSSR count). The van der Waals surface area contributed by atoms with E-state index in [1.807, 2.05) is 13.1 Å². The Balaban J connectivity index is 1.70. The summed E-state index contributed by atoms with van der Waals surface area (Å²) in [5.41, 5.74) is 1.48. The minimum Gasteiger partial charge on any atom is -0.355 e. The Morgan fingerprint density at radius 2 is 2.29 bits per heavy atom. The number of anilines is 1. The van der Waals surface area contributed by atoms with E-state index in [9.17, 15) is 10.1 Å². The van der Waals surface area contributed by atoms with Gasteiger partial charge in [0, 0.05) is 43.9 Å². The van der Waals surface area contributed by atoms with E-state index < -0.39 is 0 Å². The van der Waals surface area contributed by atoms with Crippen LogP contribution in [0.2, 0.25) is 0 Å². The molecular weight excluding hydrogens is 304 g/mol. The van der Waals surface area contributed by atoms with Crippen LogP contribution in [0.25, 0.3) is 11.0 Å². The maximum atomic E-state index is 11.5. The molecule has 0 radical (unpaired) electrons. The number of aromatic nitrogens is 3. The Morgan fingerprint density at radius 1 is 1.42 bits per heavy atom. The molecule has 2 aliphatic rings. The van der Waals surface area contributed by atoms with E-state index in [1.165, 1.54) is 0 Å². The number of carbonyl (C=O) groups excluding carboxylic acids is 1. The summed E-state index contributed by atoms with van der Waals surface area (Å²) in [6.07, 6.45) is 5.39. The van der Waals surface area contributed by atoms with Crippen LogP contribution in [0.4, 0.5) is 5.82 Å². The molecule has 124 valence electrons. The third-order valence-corrected chi connectivity index (χ3v) is 5.31. The third-order valence-electron chi connectivity index (χ3n) is 5.31. The van der Waals surface area contributed by atoms with Gasteiger partial charge in [-0.25, -0.2) is 4.98 Å². The fourth-order valence-electron chi connectivity index (χ4n) is 3.97. The van der Waals surface area contributed by atoms with Gasteiger partial charge in [0.1, 0.15) is 11.9 Å². The Labute approximate surface area is 140 Å². The Morgan fingerprint density at radius 3 is 3.04 bits per heavy atom. The molecule has 24 heavy (non-hydrogen) atoms. The molecule has 7 heteroatoms. The van der Waals surface area contributed by atoms with E-state index in [0.717, 1.165) is 55.7 Å². The number of hydrogen-bond donors (Lipinski definition) is 1. The van der Waals surface area contributed by atoms with Crippen molar-refractivity contribution in [1.82, 2.24) is 20.1 Å². The van der Waals surface area contributed by atoms with Crippen LogP contribution >= 0.6 is 0 Å². The number of piperidine rings is 2. The number of aryl methyl sites for hydroxylation is 1. The van der Waals surface area contributed by atoms with Crippen LogP contribution < -0.4 is 10.2 Å². The summed E-state index contributed by atoms with van der Waals surface area (Å²) in [6, 6.07) is 4.15. The van der Waals surface area contributed by atoms with Crippen LogP contribution in [0.3, 0.4) is 0 Å². The normalized spacial score (nSPS) is 24.2. The first-order chi connectivity index (χ1) is 11.6. The zero-order chi connectivity index (χ0) is 16.7. The van der Waals surface area contributed by atoms with Gasteiger partial charge < -0.3 is 10.2 Å². The lowest BCUT2D eigenvalue weighted by atomic mass is 9.74. The Bertz CT molecular complexity index is 839. The first-order valence-corrected chi connectivity index (χ1v) is 8.35. The van der Waals surface area contributed by atoms with Gasteiger partial charge in [-0.1, -0.05) is 0 Å². The van der Waals surface area contributed by atoms with Crippen LogP contribution in [0.15, 0.2) is 12.3 Å². The average molecular weight is 324 g/mol. The molecule has 0 bridgehead atoms. The van der Waals surface area contributed by atoms with E-state index in [2.05, 4.69) is 21.4 Å². The van der Waals surface area contributed by atoms with E-state index in [4.69, 9.17) is 4.98 Å². The molecule has 2 aromatic rings. The molecule has 2 saturated heterocycles. The minimum atomic E-state index is 0.0992. The number of rotatable bonds is 1. The molecule has 1 atom stereocenters. The molecule has 1 unspecified atom stereocenters. The second-order valence-electron chi connectivity index (χ2n) is 6.95. The molecule has 1 amide bonds. The molecule has 4 heterocycles. The second kappa shape index (κ2) is 5.48. The lowest BCUT2D eigenvalue weighted by Crippen LogP contribution is -2.52. The van der Waals surface area contributed by atoms with Gasteiger partial charge in [-0.2, -0.15) is 10.4 Å². The molecule has 2 aromatic heterocycles. The number of hydrogen-bond acceptors (Lipinski definition) is 5. The van der Waals surface area contributed by atoms with Gasteiger partial charge in [-0.05, 0) is 25.3 Å². The first-order valence-electron chi connectivity index (χ1n) is 8.35. The largest absolute Gasteiger partial charge is 0.355 e. The standard InChI is InChI=1S/C17H20N6O/c1-22-15-13(9-20-22)7-12(8-18)16(21-15)23-6-2-4-17(11-23)5-3-14(24)19-10-17/h7,9H,2-6,10-11H2,1H3,(H,19,24). The molecule has 2 aliphatic heterocycles. The number of nitrogens with one attached hydrogen (secondary N) is 1. The van der Waals surface area contributed by atoms with E-state index in [0.29, 0.717) is 12.0 Å². The quantitative estimate of drug-likeness (QED) is 0.855. The van der Waals surface area contributed by atoms with Crippen LogP contribution in [0, 0.1) is 16.7 Å². The average Bonchev–Trinajstić information content (AvgIpc) is 2.97. The van der Waals surface area contributed by atoms with Crippen molar-refractivity contribution in [3.05, 3.63) is 17.8 Å². The van der Waals surface area contributed by atoms with Gasteiger partial charge in [-0.15, -0.1) is 0 Å². The van der Waals surface area contributed by atoms with Crippen LogP contribution in [-0.2, 0) is 11.8 Å². The summed E-state index contributed by atoms with van der Waals surface area (Å²) in [5, 5.41) is 17.7. The van der Waals surface area contributed by atoms with Gasteiger partial charge in [0.05, 0.1) is 11.8 Å². The second-order valence-corrected chi connectivity index (χ2v) is 6.95. The lowest BCUT2D eigenvalue weighted by molar-refractivity contribution is -0.124. The summed E-state index contributed by atoms with van der Waals surface area (Å²) in [5.74, 6) is 0.884. The van der Waals surface area contributed by atoms with Gasteiger partial charge in [0.25, 0.3) is 0 Å². The molecular formula is C17H20N6O. The fourth-order valence-corrected chi connectivity index (χ4v) is 3.97. The highest BCUT2D eigenvalue weighted by Crippen LogP contribution is 2.38. The van der Waals surface area contributed by atoms with E-state index >= 15 is 0 Å². The number of fused-ring (bicyclic) bond motifs is 1. The molecule has 1 spiro atoms. The zero-order valence-corrected chi connectivity index (χ0v) is 13.7. The monoisotopic (exact) mass is 324 g/mol. The van der Waals surface area contributed by atoms with Crippen molar-refractivity contribution in [2.45, 2.75) is 25.7 Å². The van der Waals surface area contributed by atoms with Crippen LogP contribution in [-0.4, -0.2) is 40.3 Å². The van der Waals surface area contributed by atoms with Gasteiger partial charge >= 0.3 is 0 Å². The highest BCUT2D eigenvalue weighted by Gasteiger charge is 2.39. The number of pyridine rings is 1. The summed E-state index contributed by atoms with van der Waals surface area (Å²) >= 11 is 0. The molecule has 7 nitrogen and oxygen atoms in total. The highest BCUT2D eigenvalue weighted by molar-refractivity contribution is 5.80. The number of carbonyl (C=O) groups is 1. The van der Waals surface area contributed by atoms with Crippen molar-refractivity contribution in [3.8, 4) is 6.07 Å². The third kappa shape index (κ3) is 2.39. The lowest BCUT2D eigenvalue weighted by Gasteiger charge is -2.45. The number of nitriles is 1. The minimum absolute atomic E-state index is 0.0992. The topological polar surface area (TPSA) is 86.8 Å². The van der Waals surface area contributed by atoms with E-state index in [1.54, 1.807) is 10.9 Å². The zero-order valence-electron chi connectivity index (χ0n) is 13.7. The van der Waals surface area contributed by atoms with Crippen molar-refractivity contribution in [2.75, 3.05) is 24.5 Å². The van der Waals surface area contributed by atoms with Crippen LogP contribution in [0.5, 0.6) is 0 Å². The first kappa shape index (κ1) is 14.9. The maximum Gasteiger partial charge on any atom is 0.220 e. The molecule has 0 aliphatic carbocycles. The number of nitrogens with zero attached hydrogens (tertiary/aromatic N) is 5. The summed E-state index contributed by atoms with van der Waals surface area (Å²) in [7, 11) is 1.86. The van der Waals surface area contributed by atoms with Gasteiger partial charge in [0.15, 0.2) is 5.65 Å². The molecule has 0 aromatic carbocycles. The van der Waals surface area contributed by atoms with Crippen LogP contribution in [0.1, 0.15) is 31.2 Å². The van der Waals surface area contributed by atoms with Crippen molar-refractivity contribution < 1.29 is 4.79 Å². The summed E-state index contributed by atoms with van der Waals surface area (Å²) < 4.78 is 1.74. The van der Waals surface area contributed by atoms with Crippen molar-refractivity contribution >= 4 is 22.8 Å². The Hall–Kier alpha value is -2.62. The predicted octanol–water partition coefficient (Wildman–Crippen LogP) is 1.34. The Kier molecular flexibility index (Phi) is 3.41. The van der Waals surface area contributed by atoms with Crippen molar-refractivity contribution in [1.29, 1.82) is 5.26 Å². The number of amides is 1.